The highest BCUT2D eigenvalue weighted by Crippen LogP contribution is 2.42. The molecule has 2 aromatic rings. The fourth-order valence-electron chi connectivity index (χ4n) is 4.56. The van der Waals surface area contributed by atoms with Crippen molar-refractivity contribution in [1.82, 2.24) is 0 Å². The lowest BCUT2D eigenvalue weighted by Crippen LogP contribution is -2.30. The van der Waals surface area contributed by atoms with Crippen molar-refractivity contribution in [2.75, 3.05) is 16.8 Å². The summed E-state index contributed by atoms with van der Waals surface area (Å²) in [6.45, 7) is 3.54. The van der Waals surface area contributed by atoms with E-state index in [0.717, 1.165) is 29.3 Å². The van der Waals surface area contributed by atoms with Crippen LogP contribution in [0, 0.1) is 24.7 Å². The van der Waals surface area contributed by atoms with Gasteiger partial charge in [-0.3, -0.25) is 19.3 Å². The minimum atomic E-state index is -0.661. The summed E-state index contributed by atoms with van der Waals surface area (Å²) in [4.78, 5) is 51.4. The van der Waals surface area contributed by atoms with Crippen LogP contribution >= 0.6 is 15.9 Å². The molecule has 0 spiro atoms. The quantitative estimate of drug-likeness (QED) is 0.470. The summed E-state index contributed by atoms with van der Waals surface area (Å²) in [6.07, 6.45) is 2.42. The van der Waals surface area contributed by atoms with E-state index in [1.165, 1.54) is 17.0 Å². The predicted octanol–water partition coefficient (Wildman–Crippen LogP) is 4.48. The van der Waals surface area contributed by atoms with Gasteiger partial charge in [0.25, 0.3) is 5.91 Å². The van der Waals surface area contributed by atoms with Crippen molar-refractivity contribution >= 4 is 51.0 Å². The molecule has 1 aliphatic heterocycles. The Morgan fingerprint density at radius 1 is 1.06 bits per heavy atom. The number of hydrogen-bond donors (Lipinski definition) is 1. The SMILES string of the molecule is Cc1cc(Br)ccc1NC(=O)COC(=O)c1ccc(N2C(=O)[C@@H]3CC[C@@H](C)C[C@H]3C2=O)cc1. The van der Waals surface area contributed by atoms with Crippen LogP contribution in [0.15, 0.2) is 46.9 Å². The van der Waals surface area contributed by atoms with Crippen LogP contribution in [0.4, 0.5) is 11.4 Å². The zero-order valence-corrected chi connectivity index (χ0v) is 20.1. The van der Waals surface area contributed by atoms with Gasteiger partial charge < -0.3 is 10.1 Å². The molecule has 1 saturated heterocycles. The maximum absolute atomic E-state index is 12.9. The van der Waals surface area contributed by atoms with E-state index in [1.807, 2.05) is 19.1 Å². The highest BCUT2D eigenvalue weighted by Gasteiger charge is 2.49. The molecule has 1 saturated carbocycles. The van der Waals surface area contributed by atoms with Crippen molar-refractivity contribution in [3.8, 4) is 0 Å². The maximum Gasteiger partial charge on any atom is 0.338 e. The summed E-state index contributed by atoms with van der Waals surface area (Å²) >= 11 is 3.37. The Bertz CT molecular complexity index is 1110. The summed E-state index contributed by atoms with van der Waals surface area (Å²) in [5.41, 5.74) is 2.20. The number of aryl methyl sites for hydroxylation is 1. The Morgan fingerprint density at radius 2 is 1.76 bits per heavy atom. The Morgan fingerprint density at radius 3 is 2.45 bits per heavy atom. The van der Waals surface area contributed by atoms with Crippen LogP contribution in [0.1, 0.15) is 42.1 Å². The van der Waals surface area contributed by atoms with Gasteiger partial charge in [0.15, 0.2) is 6.61 Å². The summed E-state index contributed by atoms with van der Waals surface area (Å²) in [5.74, 6) is -1.49. The van der Waals surface area contributed by atoms with Crippen LogP contribution in [0.25, 0.3) is 0 Å². The average Bonchev–Trinajstić information content (AvgIpc) is 3.03. The molecule has 1 N–H and O–H groups in total. The molecule has 172 valence electrons. The molecule has 8 heteroatoms. The van der Waals surface area contributed by atoms with Crippen molar-refractivity contribution in [3.05, 3.63) is 58.1 Å². The van der Waals surface area contributed by atoms with Crippen LogP contribution in [0.2, 0.25) is 0 Å². The number of imide groups is 1. The van der Waals surface area contributed by atoms with E-state index in [-0.39, 0.29) is 29.2 Å². The smallest absolute Gasteiger partial charge is 0.338 e. The van der Waals surface area contributed by atoms with Crippen LogP contribution in [0.3, 0.4) is 0 Å². The number of nitrogens with one attached hydrogen (secondary N) is 1. The molecule has 1 aliphatic carbocycles. The fraction of sp³-hybridized carbons (Fsp3) is 0.360. The number of carbonyl (C=O) groups excluding carboxylic acids is 4. The van der Waals surface area contributed by atoms with Gasteiger partial charge in [0.05, 0.1) is 23.1 Å². The molecule has 0 radical (unpaired) electrons. The van der Waals surface area contributed by atoms with Gasteiger partial charge in [0, 0.05) is 10.2 Å². The Hall–Kier alpha value is -3.00. The second-order valence-corrected chi connectivity index (χ2v) is 9.69. The number of anilines is 2. The van der Waals surface area contributed by atoms with Gasteiger partial charge in [-0.15, -0.1) is 0 Å². The number of nitrogens with zero attached hydrogens (tertiary/aromatic N) is 1. The van der Waals surface area contributed by atoms with Gasteiger partial charge in [0.1, 0.15) is 0 Å². The Balaban J connectivity index is 1.36. The molecule has 7 nitrogen and oxygen atoms in total. The first kappa shape index (κ1) is 23.2. The summed E-state index contributed by atoms with van der Waals surface area (Å²) < 4.78 is 6.02. The molecule has 2 aliphatic rings. The standard InChI is InChI=1S/C25H25BrN2O5/c1-14-3-9-19-20(11-14)24(31)28(23(19)30)18-7-4-16(5-8-18)25(32)33-13-22(29)27-21-10-6-17(26)12-15(21)2/h4-8,10,12,14,19-20H,3,9,11,13H2,1-2H3,(H,27,29)/t14-,19-,20-/m1/s1. The molecule has 2 fully saturated rings. The lowest BCUT2D eigenvalue weighted by molar-refractivity contribution is -0.122. The molecule has 3 amide bonds. The van der Waals surface area contributed by atoms with Gasteiger partial charge in [0.2, 0.25) is 11.8 Å². The highest BCUT2D eigenvalue weighted by molar-refractivity contribution is 9.10. The van der Waals surface area contributed by atoms with Crippen molar-refractivity contribution in [3.63, 3.8) is 0 Å². The lowest BCUT2D eigenvalue weighted by atomic mass is 9.76. The topological polar surface area (TPSA) is 92.8 Å². The van der Waals surface area contributed by atoms with E-state index in [4.69, 9.17) is 4.74 Å². The summed E-state index contributed by atoms with van der Waals surface area (Å²) in [5, 5.41) is 2.71. The Labute approximate surface area is 200 Å². The van der Waals surface area contributed by atoms with E-state index in [9.17, 15) is 19.2 Å². The first-order chi connectivity index (χ1) is 15.7. The third-order valence-corrected chi connectivity index (χ3v) is 6.84. The molecule has 2 aromatic carbocycles. The molecule has 33 heavy (non-hydrogen) atoms. The van der Waals surface area contributed by atoms with Crippen LogP contribution < -0.4 is 10.2 Å². The predicted molar refractivity (Wildman–Crippen MR) is 127 cm³/mol. The zero-order valence-electron chi connectivity index (χ0n) is 18.5. The minimum absolute atomic E-state index is 0.160. The monoisotopic (exact) mass is 512 g/mol. The van der Waals surface area contributed by atoms with Gasteiger partial charge in [-0.2, -0.15) is 0 Å². The fourth-order valence-corrected chi connectivity index (χ4v) is 5.03. The number of benzene rings is 2. The number of halogens is 1. The van der Waals surface area contributed by atoms with Crippen LogP contribution in [-0.4, -0.2) is 30.3 Å². The van der Waals surface area contributed by atoms with Gasteiger partial charge in [-0.25, -0.2) is 4.79 Å². The first-order valence-electron chi connectivity index (χ1n) is 11.0. The zero-order chi connectivity index (χ0) is 23.7. The largest absolute Gasteiger partial charge is 0.452 e. The number of ether oxygens (including phenoxy) is 1. The van der Waals surface area contributed by atoms with Gasteiger partial charge >= 0.3 is 5.97 Å². The lowest BCUT2D eigenvalue weighted by Gasteiger charge is -2.25. The van der Waals surface area contributed by atoms with Crippen molar-refractivity contribution in [1.29, 1.82) is 0 Å². The molecule has 0 aromatic heterocycles. The highest BCUT2D eigenvalue weighted by atomic mass is 79.9. The second-order valence-electron chi connectivity index (χ2n) is 8.77. The molecule has 0 bridgehead atoms. The molecule has 4 rings (SSSR count). The molecule has 1 heterocycles. The van der Waals surface area contributed by atoms with Crippen LogP contribution in [-0.2, 0) is 19.1 Å². The maximum atomic E-state index is 12.9. The van der Waals surface area contributed by atoms with E-state index >= 15 is 0 Å². The Kier molecular flexibility index (Phi) is 6.65. The van der Waals surface area contributed by atoms with E-state index in [2.05, 4.69) is 28.2 Å². The molecular formula is C25H25BrN2O5. The molecule has 0 unspecified atom stereocenters. The van der Waals surface area contributed by atoms with E-state index in [0.29, 0.717) is 17.3 Å². The first-order valence-corrected chi connectivity index (χ1v) is 11.7. The minimum Gasteiger partial charge on any atom is -0.452 e. The summed E-state index contributed by atoms with van der Waals surface area (Å²) in [6, 6.07) is 11.6. The van der Waals surface area contributed by atoms with Crippen molar-refractivity contribution in [2.45, 2.75) is 33.1 Å². The second kappa shape index (κ2) is 9.47. The third kappa shape index (κ3) is 4.85. The van der Waals surface area contributed by atoms with E-state index < -0.39 is 18.5 Å². The van der Waals surface area contributed by atoms with E-state index in [1.54, 1.807) is 18.2 Å². The normalized spacial score (nSPS) is 22.2. The number of rotatable bonds is 5. The number of esters is 1. The third-order valence-electron chi connectivity index (χ3n) is 6.35. The van der Waals surface area contributed by atoms with Crippen molar-refractivity contribution in [2.24, 2.45) is 17.8 Å². The van der Waals surface area contributed by atoms with Crippen LogP contribution in [0.5, 0.6) is 0 Å². The van der Waals surface area contributed by atoms with Gasteiger partial charge in [-0.1, -0.05) is 22.9 Å². The van der Waals surface area contributed by atoms with Gasteiger partial charge in [-0.05, 0) is 80.1 Å². The molecule has 3 atom stereocenters. The number of carbonyl (C=O) groups is 4. The van der Waals surface area contributed by atoms with Crippen molar-refractivity contribution < 1.29 is 23.9 Å². The molecular weight excluding hydrogens is 488 g/mol. The summed E-state index contributed by atoms with van der Waals surface area (Å²) in [7, 11) is 0. The number of hydrogen-bond acceptors (Lipinski definition) is 5. The number of fused-ring (bicyclic) bond motifs is 1. The average molecular weight is 513 g/mol. The number of amides is 3.